The van der Waals surface area contributed by atoms with Crippen molar-refractivity contribution < 1.29 is 26.6 Å². The molecule has 1 N–H and O–H groups in total. The van der Waals surface area contributed by atoms with Gasteiger partial charge in [0.15, 0.2) is 0 Å². The van der Waals surface area contributed by atoms with Gasteiger partial charge < -0.3 is 4.52 Å². The quantitative estimate of drug-likeness (QED) is 0.509. The van der Waals surface area contributed by atoms with E-state index in [0.717, 1.165) is 13.4 Å². The molecule has 11 heteroatoms. The smallest absolute Gasteiger partial charge is 0.409 e. The zero-order chi connectivity index (χ0) is 14.2. The predicted molar refractivity (Wildman–Crippen MR) is 68.9 cm³/mol. The third-order valence-electron chi connectivity index (χ3n) is 1.46. The second-order valence-corrected chi connectivity index (χ2v) is 7.46. The van der Waals surface area contributed by atoms with Crippen LogP contribution in [-0.2, 0) is 28.2 Å². The highest BCUT2D eigenvalue weighted by atomic mass is 35.5. The summed E-state index contributed by atoms with van der Waals surface area (Å²) in [6.45, 7) is 1.52. The second-order valence-electron chi connectivity index (χ2n) is 2.79. The Morgan fingerprint density at radius 3 is 2.50 bits per heavy atom. The molecule has 0 aromatic rings. The summed E-state index contributed by atoms with van der Waals surface area (Å²) in [6.07, 6.45) is 0.770. The van der Waals surface area contributed by atoms with E-state index in [2.05, 4.69) is 13.8 Å². The van der Waals surface area contributed by atoms with E-state index in [1.807, 2.05) is 0 Å². The van der Waals surface area contributed by atoms with Crippen molar-refractivity contribution in [3.8, 4) is 0 Å². The molecule has 18 heavy (non-hydrogen) atoms. The van der Waals surface area contributed by atoms with Gasteiger partial charge in [0, 0.05) is 13.7 Å². The van der Waals surface area contributed by atoms with Gasteiger partial charge in [0.25, 0.3) is 0 Å². The molecule has 1 unspecified atom stereocenters. The fraction of sp³-hybridized carbons (Fsp3) is 0.714. The third kappa shape index (κ3) is 8.31. The van der Waals surface area contributed by atoms with E-state index in [1.54, 1.807) is 6.92 Å². The van der Waals surface area contributed by atoms with E-state index < -0.39 is 17.8 Å². The maximum absolute atomic E-state index is 11.7. The number of hydrogen-bond acceptors (Lipinski definition) is 6. The first-order valence-corrected chi connectivity index (χ1v) is 8.59. The summed E-state index contributed by atoms with van der Waals surface area (Å²) in [4.78, 5) is 0. The van der Waals surface area contributed by atoms with Gasteiger partial charge in [-0.25, -0.2) is 17.7 Å². The minimum atomic E-state index is -3.90. The van der Waals surface area contributed by atoms with Crippen LogP contribution in [0.1, 0.15) is 6.92 Å². The van der Waals surface area contributed by atoms with Crippen LogP contribution in [0.4, 0.5) is 0 Å². The maximum atomic E-state index is 11.7. The molecule has 108 valence electrons. The lowest BCUT2D eigenvalue weighted by Crippen LogP contribution is -2.27. The summed E-state index contributed by atoms with van der Waals surface area (Å²) in [7, 11) is -6.29. The number of phosphoric ester groups is 1. The van der Waals surface area contributed by atoms with E-state index >= 15 is 0 Å². The largest absolute Gasteiger partial charge is 0.529 e. The second kappa shape index (κ2) is 8.37. The Morgan fingerprint density at radius 1 is 1.44 bits per heavy atom. The van der Waals surface area contributed by atoms with Gasteiger partial charge in [0.1, 0.15) is 10.8 Å². The lowest BCUT2D eigenvalue weighted by molar-refractivity contribution is 0.172. The van der Waals surface area contributed by atoms with E-state index in [1.165, 1.54) is 0 Å². The van der Waals surface area contributed by atoms with Crippen LogP contribution < -0.4 is 4.72 Å². The van der Waals surface area contributed by atoms with Gasteiger partial charge in [-0.15, -0.1) is 0 Å². The molecule has 1 atom stereocenters. The van der Waals surface area contributed by atoms with E-state index in [9.17, 15) is 13.0 Å². The zero-order valence-corrected chi connectivity index (χ0v) is 13.0. The molecule has 0 radical (unpaired) electrons. The van der Waals surface area contributed by atoms with E-state index in [0.29, 0.717) is 0 Å². The van der Waals surface area contributed by atoms with Gasteiger partial charge in [0.2, 0.25) is 10.0 Å². The number of halogens is 2. The Morgan fingerprint density at radius 2 is 2.06 bits per heavy atom. The van der Waals surface area contributed by atoms with Crippen LogP contribution in [0, 0.1) is 0 Å². The first kappa shape index (κ1) is 18.2. The highest BCUT2D eigenvalue weighted by molar-refractivity contribution is 7.89. The lowest BCUT2D eigenvalue weighted by atomic mass is 10.8. The van der Waals surface area contributed by atoms with Crippen LogP contribution in [0.5, 0.6) is 0 Å². The van der Waals surface area contributed by atoms with Crippen molar-refractivity contribution in [1.82, 2.24) is 4.72 Å². The number of phosphoric acid groups is 1. The lowest BCUT2D eigenvalue weighted by Gasteiger charge is -2.14. The first-order chi connectivity index (χ1) is 8.24. The van der Waals surface area contributed by atoms with E-state index in [-0.39, 0.29) is 23.4 Å². The minimum Gasteiger partial charge on any atom is -0.409 e. The van der Waals surface area contributed by atoms with Crippen LogP contribution in [0.15, 0.2) is 10.8 Å². The van der Waals surface area contributed by atoms with Gasteiger partial charge in [-0.05, 0) is 0 Å². The summed E-state index contributed by atoms with van der Waals surface area (Å²) in [6, 6.07) is 0. The van der Waals surface area contributed by atoms with Crippen molar-refractivity contribution in [3.63, 3.8) is 0 Å². The molecular formula is C7H14Cl2NO6PS. The van der Waals surface area contributed by atoms with Crippen LogP contribution in [-0.4, -0.2) is 34.4 Å². The van der Waals surface area contributed by atoms with E-state index in [4.69, 9.17) is 27.7 Å². The van der Waals surface area contributed by atoms with Gasteiger partial charge in [-0.1, -0.05) is 30.1 Å². The monoisotopic (exact) mass is 341 g/mol. The van der Waals surface area contributed by atoms with Crippen LogP contribution >= 0.6 is 31.0 Å². The summed E-state index contributed by atoms with van der Waals surface area (Å²) in [5.74, 6) is -0.379. The van der Waals surface area contributed by atoms with Gasteiger partial charge in [-0.3, -0.25) is 9.05 Å². The Labute approximate surface area is 116 Å². The van der Waals surface area contributed by atoms with Crippen molar-refractivity contribution in [2.75, 3.05) is 26.0 Å². The maximum Gasteiger partial charge on any atom is 0.529 e. The standard InChI is InChI=1S/C7H14Cl2NO6PS/c1-3-10-18(12,13)5-4-15-17(11,14-2)16-6-7(8)9/h6,10H,3-5H2,1-2H3. The molecule has 0 saturated carbocycles. The molecule has 0 fully saturated rings. The molecule has 0 amide bonds. The molecule has 0 aromatic carbocycles. The Balaban J connectivity index is 4.32. The topological polar surface area (TPSA) is 90.9 Å². The number of nitrogens with one attached hydrogen (secondary N) is 1. The molecular weight excluding hydrogens is 328 g/mol. The summed E-state index contributed by atoms with van der Waals surface area (Å²) < 4.78 is 50.0. The number of hydrogen-bond donors (Lipinski definition) is 1. The third-order valence-corrected chi connectivity index (χ3v) is 4.38. The van der Waals surface area contributed by atoms with Crippen molar-refractivity contribution >= 4 is 41.0 Å². The molecule has 0 heterocycles. The van der Waals surface area contributed by atoms with Gasteiger partial charge in [0.05, 0.1) is 12.4 Å². The SMILES string of the molecule is CCNS(=O)(=O)CCOP(=O)(OC)OC=C(Cl)Cl. The zero-order valence-electron chi connectivity index (χ0n) is 9.76. The average Bonchev–Trinajstić information content (AvgIpc) is 2.26. The Kier molecular flexibility index (Phi) is 8.45. The summed E-state index contributed by atoms with van der Waals surface area (Å²) in [5.41, 5.74) is 0. The fourth-order valence-corrected chi connectivity index (χ4v) is 2.81. The van der Waals surface area contributed by atoms with Crippen LogP contribution in [0.3, 0.4) is 0 Å². The molecule has 0 aliphatic heterocycles. The van der Waals surface area contributed by atoms with Gasteiger partial charge in [-0.2, -0.15) is 0 Å². The van der Waals surface area contributed by atoms with Gasteiger partial charge >= 0.3 is 7.82 Å². The highest BCUT2D eigenvalue weighted by Gasteiger charge is 2.26. The molecule has 0 aliphatic carbocycles. The summed E-state index contributed by atoms with van der Waals surface area (Å²) in [5, 5.41) is 0. The van der Waals surface area contributed by atoms with Crippen molar-refractivity contribution in [2.24, 2.45) is 0 Å². The highest BCUT2D eigenvalue weighted by Crippen LogP contribution is 2.49. The van der Waals surface area contributed by atoms with Crippen LogP contribution in [0.2, 0.25) is 0 Å². The molecule has 7 nitrogen and oxygen atoms in total. The van der Waals surface area contributed by atoms with Crippen molar-refractivity contribution in [1.29, 1.82) is 0 Å². The number of rotatable bonds is 9. The molecule has 0 spiro atoms. The molecule has 0 aliphatic rings. The number of sulfonamides is 1. The first-order valence-electron chi connectivity index (χ1n) is 4.72. The predicted octanol–water partition coefficient (Wildman–Crippen LogP) is 1.99. The Bertz CT molecular complexity index is 422. The Hall–Kier alpha value is 0.180. The fourth-order valence-electron chi connectivity index (χ4n) is 0.781. The average molecular weight is 342 g/mol. The summed E-state index contributed by atoms with van der Waals surface area (Å²) >= 11 is 10.5. The molecule has 0 bridgehead atoms. The van der Waals surface area contributed by atoms with Crippen molar-refractivity contribution in [2.45, 2.75) is 6.92 Å². The minimum absolute atomic E-state index is 0.255. The molecule has 0 saturated heterocycles. The normalized spacial score (nSPS) is 14.9. The molecule has 0 aromatic heterocycles. The molecule has 0 rings (SSSR count). The van der Waals surface area contributed by atoms with Crippen molar-refractivity contribution in [3.05, 3.63) is 10.8 Å². The van der Waals surface area contributed by atoms with Crippen LogP contribution in [0.25, 0.3) is 0 Å².